The Morgan fingerprint density at radius 1 is 1.40 bits per heavy atom. The third-order valence-electron chi connectivity index (χ3n) is 3.23. The molecule has 0 bridgehead atoms. The number of nitrogens with one attached hydrogen (secondary N) is 1. The molecule has 1 aromatic carbocycles. The van der Waals surface area contributed by atoms with Gasteiger partial charge in [0.2, 0.25) is 0 Å². The average Bonchev–Trinajstić information content (AvgIpc) is 2.91. The molecule has 112 valence electrons. The van der Waals surface area contributed by atoms with E-state index in [9.17, 15) is 13.6 Å². The van der Waals surface area contributed by atoms with Crippen molar-refractivity contribution in [3.05, 3.63) is 29.8 Å². The molecule has 1 atom stereocenters. The molecule has 0 aliphatic carbocycles. The number of hydrogen-bond donors (Lipinski definition) is 1. The van der Waals surface area contributed by atoms with Crippen LogP contribution in [-0.2, 0) is 0 Å². The van der Waals surface area contributed by atoms with Crippen LogP contribution in [-0.4, -0.2) is 43.6 Å². The molecule has 1 heterocycles. The Balaban J connectivity index is 0.00000200. The topological polar surface area (TPSA) is 41.6 Å². The van der Waals surface area contributed by atoms with Gasteiger partial charge in [-0.15, -0.1) is 12.4 Å². The molecule has 1 saturated heterocycles. The van der Waals surface area contributed by atoms with Crippen molar-refractivity contribution in [2.45, 2.75) is 19.1 Å². The van der Waals surface area contributed by atoms with Crippen molar-refractivity contribution >= 4 is 18.3 Å². The van der Waals surface area contributed by atoms with E-state index in [1.54, 1.807) is 11.9 Å². The monoisotopic (exact) mass is 306 g/mol. The van der Waals surface area contributed by atoms with Gasteiger partial charge in [-0.2, -0.15) is 8.78 Å². The zero-order chi connectivity index (χ0) is 13.8. The number of likely N-dealkylation sites (N-methyl/N-ethyl adjacent to an activating group) is 1. The molecular weight excluding hydrogens is 290 g/mol. The molecule has 0 saturated carbocycles. The van der Waals surface area contributed by atoms with Crippen molar-refractivity contribution < 1.29 is 18.3 Å². The quantitative estimate of drug-likeness (QED) is 0.927. The van der Waals surface area contributed by atoms with E-state index in [4.69, 9.17) is 0 Å². The van der Waals surface area contributed by atoms with Crippen LogP contribution in [0.4, 0.5) is 8.78 Å². The Morgan fingerprint density at radius 3 is 2.55 bits per heavy atom. The number of carbonyl (C=O) groups is 1. The molecule has 1 aliphatic rings. The first-order valence-corrected chi connectivity index (χ1v) is 6.10. The summed E-state index contributed by atoms with van der Waals surface area (Å²) in [5, 5.41) is 3.19. The normalized spacial score (nSPS) is 17.7. The highest BCUT2D eigenvalue weighted by atomic mass is 35.5. The molecule has 7 heteroatoms. The first-order valence-electron chi connectivity index (χ1n) is 6.10. The largest absolute Gasteiger partial charge is 0.435 e. The summed E-state index contributed by atoms with van der Waals surface area (Å²) in [4.78, 5) is 13.9. The van der Waals surface area contributed by atoms with Crippen LogP contribution in [0.15, 0.2) is 24.3 Å². The smallest absolute Gasteiger partial charge is 0.387 e. The molecular formula is C13H17ClF2N2O2. The second kappa shape index (κ2) is 7.40. The van der Waals surface area contributed by atoms with Gasteiger partial charge in [-0.05, 0) is 37.2 Å². The highest BCUT2D eigenvalue weighted by molar-refractivity contribution is 5.94. The van der Waals surface area contributed by atoms with E-state index in [0.717, 1.165) is 19.5 Å². The van der Waals surface area contributed by atoms with Gasteiger partial charge in [0.25, 0.3) is 5.91 Å². The average molecular weight is 307 g/mol. The third-order valence-corrected chi connectivity index (χ3v) is 3.23. The van der Waals surface area contributed by atoms with Gasteiger partial charge in [0, 0.05) is 25.2 Å². The second-order valence-electron chi connectivity index (χ2n) is 4.47. The molecule has 1 aliphatic heterocycles. The van der Waals surface area contributed by atoms with Crippen molar-refractivity contribution in [1.29, 1.82) is 0 Å². The Kier molecular flexibility index (Phi) is 6.16. The Bertz CT molecular complexity index is 437. The van der Waals surface area contributed by atoms with Crippen LogP contribution in [0.5, 0.6) is 5.75 Å². The fourth-order valence-corrected chi connectivity index (χ4v) is 2.12. The number of amides is 1. The number of halogens is 3. The molecule has 1 aromatic rings. The van der Waals surface area contributed by atoms with Gasteiger partial charge in [-0.25, -0.2) is 0 Å². The summed E-state index contributed by atoms with van der Waals surface area (Å²) in [6.07, 6.45) is 0.925. The predicted molar refractivity (Wildman–Crippen MR) is 73.7 cm³/mol. The van der Waals surface area contributed by atoms with Crippen LogP contribution in [0.1, 0.15) is 16.8 Å². The van der Waals surface area contributed by atoms with Gasteiger partial charge >= 0.3 is 6.61 Å². The maximum Gasteiger partial charge on any atom is 0.387 e. The Labute approximate surface area is 122 Å². The van der Waals surface area contributed by atoms with Crippen LogP contribution < -0.4 is 10.1 Å². The second-order valence-corrected chi connectivity index (χ2v) is 4.47. The molecule has 0 radical (unpaired) electrons. The summed E-state index contributed by atoms with van der Waals surface area (Å²) in [6.45, 7) is -1.16. The molecule has 0 spiro atoms. The van der Waals surface area contributed by atoms with E-state index in [1.165, 1.54) is 24.3 Å². The van der Waals surface area contributed by atoms with Gasteiger partial charge in [0.1, 0.15) is 5.75 Å². The molecule has 4 nitrogen and oxygen atoms in total. The van der Waals surface area contributed by atoms with E-state index in [1.807, 2.05) is 0 Å². The van der Waals surface area contributed by atoms with Gasteiger partial charge in [0.05, 0.1) is 0 Å². The minimum atomic E-state index is -2.85. The highest BCUT2D eigenvalue weighted by Crippen LogP contribution is 2.17. The lowest BCUT2D eigenvalue weighted by atomic mass is 10.1. The zero-order valence-electron chi connectivity index (χ0n) is 11.0. The van der Waals surface area contributed by atoms with Gasteiger partial charge in [0.15, 0.2) is 0 Å². The Morgan fingerprint density at radius 2 is 2.05 bits per heavy atom. The minimum Gasteiger partial charge on any atom is -0.435 e. The zero-order valence-corrected chi connectivity index (χ0v) is 11.8. The van der Waals surface area contributed by atoms with E-state index < -0.39 is 6.61 Å². The number of benzene rings is 1. The van der Waals surface area contributed by atoms with Crippen molar-refractivity contribution in [1.82, 2.24) is 10.2 Å². The lowest BCUT2D eigenvalue weighted by Gasteiger charge is -2.23. The predicted octanol–water partition coefficient (Wildman–Crippen LogP) is 2.14. The van der Waals surface area contributed by atoms with Crippen molar-refractivity contribution in [3.8, 4) is 5.75 Å². The van der Waals surface area contributed by atoms with E-state index >= 15 is 0 Å². The van der Waals surface area contributed by atoms with Crippen molar-refractivity contribution in [3.63, 3.8) is 0 Å². The molecule has 20 heavy (non-hydrogen) atoms. The van der Waals surface area contributed by atoms with Gasteiger partial charge < -0.3 is 15.0 Å². The standard InChI is InChI=1S/C13H16F2N2O2.ClH/c1-17(10-6-7-16-8-10)12(18)9-2-4-11(5-3-9)19-13(14)15;/h2-5,10,13,16H,6-8H2,1H3;1H/t10-;/m0./s1. The number of alkyl halides is 2. The van der Waals surface area contributed by atoms with Crippen molar-refractivity contribution in [2.24, 2.45) is 0 Å². The molecule has 1 fully saturated rings. The molecule has 1 N–H and O–H groups in total. The minimum absolute atomic E-state index is 0. The number of hydrogen-bond acceptors (Lipinski definition) is 3. The van der Waals surface area contributed by atoms with Crippen LogP contribution in [0, 0.1) is 0 Å². The first kappa shape index (κ1) is 16.7. The van der Waals surface area contributed by atoms with E-state index in [0.29, 0.717) is 5.56 Å². The third kappa shape index (κ3) is 4.05. The van der Waals surface area contributed by atoms with Gasteiger partial charge in [-0.3, -0.25) is 4.79 Å². The number of nitrogens with zero attached hydrogens (tertiary/aromatic N) is 1. The first-order chi connectivity index (χ1) is 9.08. The SMILES string of the molecule is CN(C(=O)c1ccc(OC(F)F)cc1)[C@H]1CCNC1.Cl. The lowest BCUT2D eigenvalue weighted by molar-refractivity contribution is -0.0498. The van der Waals surface area contributed by atoms with Crippen molar-refractivity contribution in [2.75, 3.05) is 20.1 Å². The van der Waals surface area contributed by atoms with Crippen LogP contribution in [0.3, 0.4) is 0 Å². The number of ether oxygens (including phenoxy) is 1. The van der Waals surface area contributed by atoms with Crippen LogP contribution >= 0.6 is 12.4 Å². The highest BCUT2D eigenvalue weighted by Gasteiger charge is 2.23. The van der Waals surface area contributed by atoms with Gasteiger partial charge in [-0.1, -0.05) is 0 Å². The summed E-state index contributed by atoms with van der Waals surface area (Å²) >= 11 is 0. The van der Waals surface area contributed by atoms with Crippen LogP contribution in [0.25, 0.3) is 0 Å². The maximum atomic E-state index is 12.2. The number of carbonyl (C=O) groups excluding carboxylic acids is 1. The molecule has 1 amide bonds. The molecule has 2 rings (SSSR count). The fraction of sp³-hybridized carbons (Fsp3) is 0.462. The summed E-state index contributed by atoms with van der Waals surface area (Å²) in [5.74, 6) is -0.0611. The summed E-state index contributed by atoms with van der Waals surface area (Å²) in [6, 6.07) is 5.93. The Hall–Kier alpha value is -1.40. The maximum absolute atomic E-state index is 12.2. The summed E-state index contributed by atoms with van der Waals surface area (Å²) < 4.78 is 28.3. The summed E-state index contributed by atoms with van der Waals surface area (Å²) in [7, 11) is 1.75. The molecule has 0 unspecified atom stereocenters. The molecule has 0 aromatic heterocycles. The number of rotatable bonds is 4. The van der Waals surface area contributed by atoms with Crippen LogP contribution in [0.2, 0.25) is 0 Å². The fourth-order valence-electron chi connectivity index (χ4n) is 2.12. The van der Waals surface area contributed by atoms with E-state index in [2.05, 4.69) is 10.1 Å². The van der Waals surface area contributed by atoms with E-state index in [-0.39, 0.29) is 30.1 Å². The summed E-state index contributed by atoms with van der Waals surface area (Å²) in [5.41, 5.74) is 0.469. The lowest BCUT2D eigenvalue weighted by Crippen LogP contribution is -2.38.